The van der Waals surface area contributed by atoms with Crippen molar-refractivity contribution in [2.24, 2.45) is 0 Å². The van der Waals surface area contributed by atoms with Gasteiger partial charge in [0.1, 0.15) is 10.6 Å². The van der Waals surface area contributed by atoms with Gasteiger partial charge < -0.3 is 9.47 Å². The Labute approximate surface area is 128 Å². The van der Waals surface area contributed by atoms with Crippen LogP contribution in [0.5, 0.6) is 5.75 Å². The molecule has 0 saturated carbocycles. The van der Waals surface area contributed by atoms with Crippen molar-refractivity contribution in [3.05, 3.63) is 50.6 Å². The summed E-state index contributed by atoms with van der Waals surface area (Å²) in [6.07, 6.45) is 0. The molecule has 20 heavy (non-hydrogen) atoms. The van der Waals surface area contributed by atoms with Crippen molar-refractivity contribution in [2.75, 3.05) is 6.61 Å². The van der Waals surface area contributed by atoms with Crippen LogP contribution in [-0.2, 0) is 4.74 Å². The fourth-order valence-electron chi connectivity index (χ4n) is 1.47. The Balaban J connectivity index is 2.14. The second-order valence-electron chi connectivity index (χ2n) is 3.73. The lowest BCUT2D eigenvalue weighted by atomic mass is 10.2. The van der Waals surface area contributed by atoms with Gasteiger partial charge in [-0.3, -0.25) is 0 Å². The summed E-state index contributed by atoms with van der Waals surface area (Å²) in [6, 6.07) is 8.14. The number of benzene rings is 1. The molecule has 1 heterocycles. The Morgan fingerprint density at radius 1 is 1.25 bits per heavy atom. The van der Waals surface area contributed by atoms with Crippen LogP contribution in [0.15, 0.2) is 40.2 Å². The molecule has 2 aromatic rings. The lowest BCUT2D eigenvalue weighted by molar-refractivity contribution is 0.0526. The fraction of sp³-hybridized carbons (Fsp3) is 0.143. The molecule has 1 aromatic carbocycles. The molecule has 6 heteroatoms. The number of esters is 2. The molecular formula is C14H11BrO4S. The summed E-state index contributed by atoms with van der Waals surface area (Å²) in [4.78, 5) is 23.9. The van der Waals surface area contributed by atoms with Crippen LogP contribution >= 0.6 is 27.3 Å². The van der Waals surface area contributed by atoms with Crippen LogP contribution in [0.4, 0.5) is 0 Å². The minimum atomic E-state index is -0.426. The first-order chi connectivity index (χ1) is 9.61. The SMILES string of the molecule is CCOC(=O)c1ccc(OC(=O)c2cccs2)c(Br)c1. The first-order valence-corrected chi connectivity index (χ1v) is 7.51. The van der Waals surface area contributed by atoms with Crippen LogP contribution in [0.25, 0.3) is 0 Å². The van der Waals surface area contributed by atoms with E-state index < -0.39 is 11.9 Å². The number of hydrogen-bond donors (Lipinski definition) is 0. The van der Waals surface area contributed by atoms with Gasteiger partial charge in [0.15, 0.2) is 0 Å². The number of carbonyl (C=O) groups is 2. The highest BCUT2D eigenvalue weighted by atomic mass is 79.9. The molecule has 0 aliphatic rings. The van der Waals surface area contributed by atoms with Gasteiger partial charge in [-0.05, 0) is 52.5 Å². The Morgan fingerprint density at radius 2 is 2.05 bits per heavy atom. The second-order valence-corrected chi connectivity index (χ2v) is 5.53. The van der Waals surface area contributed by atoms with E-state index in [-0.39, 0.29) is 0 Å². The molecule has 2 rings (SSSR count). The molecule has 0 atom stereocenters. The summed E-state index contributed by atoms with van der Waals surface area (Å²) in [7, 11) is 0. The van der Waals surface area contributed by atoms with Crippen molar-refractivity contribution in [3.63, 3.8) is 0 Å². The van der Waals surface area contributed by atoms with Gasteiger partial charge in [-0.25, -0.2) is 9.59 Å². The maximum atomic E-state index is 11.8. The normalized spacial score (nSPS) is 10.1. The summed E-state index contributed by atoms with van der Waals surface area (Å²) >= 11 is 4.58. The Kier molecular flexibility index (Phi) is 4.92. The summed E-state index contributed by atoms with van der Waals surface area (Å²) < 4.78 is 10.7. The minimum absolute atomic E-state index is 0.311. The van der Waals surface area contributed by atoms with Gasteiger partial charge in [0.2, 0.25) is 0 Å². The molecule has 1 aromatic heterocycles. The summed E-state index contributed by atoms with van der Waals surface area (Å²) in [6.45, 7) is 2.05. The number of hydrogen-bond acceptors (Lipinski definition) is 5. The number of rotatable bonds is 4. The average Bonchev–Trinajstić information content (AvgIpc) is 2.95. The first-order valence-electron chi connectivity index (χ1n) is 5.84. The maximum absolute atomic E-state index is 11.8. The fourth-order valence-corrected chi connectivity index (χ4v) is 2.53. The number of ether oxygens (including phenoxy) is 2. The van der Waals surface area contributed by atoms with E-state index in [1.807, 2.05) is 0 Å². The van der Waals surface area contributed by atoms with Gasteiger partial charge in [-0.15, -0.1) is 11.3 Å². The van der Waals surface area contributed by atoms with E-state index >= 15 is 0 Å². The lowest BCUT2D eigenvalue weighted by Gasteiger charge is -2.07. The summed E-state index contributed by atoms with van der Waals surface area (Å²) in [5.74, 6) is -0.481. The number of halogens is 1. The molecule has 0 aliphatic carbocycles. The van der Waals surface area contributed by atoms with E-state index in [2.05, 4.69) is 15.9 Å². The number of thiophene rings is 1. The molecule has 4 nitrogen and oxygen atoms in total. The maximum Gasteiger partial charge on any atom is 0.353 e. The average molecular weight is 355 g/mol. The molecule has 0 saturated heterocycles. The van der Waals surface area contributed by atoms with E-state index in [0.717, 1.165) is 0 Å². The van der Waals surface area contributed by atoms with Gasteiger partial charge in [0.05, 0.1) is 16.6 Å². The summed E-state index contributed by atoms with van der Waals surface area (Å²) in [5.41, 5.74) is 0.398. The topological polar surface area (TPSA) is 52.6 Å². The van der Waals surface area contributed by atoms with Crippen molar-refractivity contribution in [1.29, 1.82) is 0 Å². The van der Waals surface area contributed by atoms with Gasteiger partial charge >= 0.3 is 11.9 Å². The van der Waals surface area contributed by atoms with Crippen LogP contribution < -0.4 is 4.74 Å². The summed E-state index contributed by atoms with van der Waals surface area (Å²) in [5, 5.41) is 1.80. The molecule has 0 aliphatic heterocycles. The van der Waals surface area contributed by atoms with Crippen molar-refractivity contribution >= 4 is 39.2 Å². The van der Waals surface area contributed by atoms with Crippen LogP contribution in [0.3, 0.4) is 0 Å². The quantitative estimate of drug-likeness (QED) is 0.617. The highest BCUT2D eigenvalue weighted by Gasteiger charge is 2.14. The minimum Gasteiger partial charge on any atom is -0.462 e. The second kappa shape index (κ2) is 6.67. The third kappa shape index (κ3) is 3.46. The van der Waals surface area contributed by atoms with E-state index in [1.54, 1.807) is 42.6 Å². The van der Waals surface area contributed by atoms with Crippen molar-refractivity contribution in [1.82, 2.24) is 0 Å². The molecule has 0 amide bonds. The lowest BCUT2D eigenvalue weighted by Crippen LogP contribution is -2.08. The van der Waals surface area contributed by atoms with Gasteiger partial charge in [-0.2, -0.15) is 0 Å². The van der Waals surface area contributed by atoms with Gasteiger partial charge in [0.25, 0.3) is 0 Å². The smallest absolute Gasteiger partial charge is 0.353 e. The van der Waals surface area contributed by atoms with Crippen molar-refractivity contribution < 1.29 is 19.1 Å². The highest BCUT2D eigenvalue weighted by Crippen LogP contribution is 2.27. The van der Waals surface area contributed by atoms with Crippen LogP contribution in [0.1, 0.15) is 27.0 Å². The highest BCUT2D eigenvalue weighted by molar-refractivity contribution is 9.10. The zero-order valence-corrected chi connectivity index (χ0v) is 13.0. The largest absolute Gasteiger partial charge is 0.462 e. The van der Waals surface area contributed by atoms with E-state index in [4.69, 9.17) is 9.47 Å². The molecular weight excluding hydrogens is 344 g/mol. The molecule has 104 valence electrons. The van der Waals surface area contributed by atoms with Gasteiger partial charge in [0, 0.05) is 0 Å². The van der Waals surface area contributed by atoms with Gasteiger partial charge in [-0.1, -0.05) is 6.07 Å². The predicted molar refractivity (Wildman–Crippen MR) is 79.4 cm³/mol. The van der Waals surface area contributed by atoms with Crippen molar-refractivity contribution in [2.45, 2.75) is 6.92 Å². The van der Waals surface area contributed by atoms with Crippen LogP contribution in [0.2, 0.25) is 0 Å². The third-order valence-corrected chi connectivity index (χ3v) is 3.84. The van der Waals surface area contributed by atoms with E-state index in [1.165, 1.54) is 11.3 Å². The molecule has 0 radical (unpaired) electrons. The molecule has 0 N–H and O–H groups in total. The van der Waals surface area contributed by atoms with Crippen LogP contribution in [0, 0.1) is 0 Å². The first kappa shape index (κ1) is 14.7. The molecule has 0 spiro atoms. The molecule has 0 fully saturated rings. The van der Waals surface area contributed by atoms with E-state index in [0.29, 0.717) is 27.3 Å². The monoisotopic (exact) mass is 354 g/mol. The standard InChI is InChI=1S/C14H11BrO4S/c1-2-18-13(16)9-5-6-11(10(15)8-9)19-14(17)12-4-3-7-20-12/h3-8H,2H2,1H3. The predicted octanol–water partition coefficient (Wildman–Crippen LogP) is 3.91. The zero-order valence-electron chi connectivity index (χ0n) is 10.6. The molecule has 0 unspecified atom stereocenters. The third-order valence-electron chi connectivity index (χ3n) is 2.37. The van der Waals surface area contributed by atoms with Crippen molar-refractivity contribution in [3.8, 4) is 5.75 Å². The van der Waals surface area contributed by atoms with E-state index in [9.17, 15) is 9.59 Å². The zero-order chi connectivity index (χ0) is 14.5. The molecule has 0 bridgehead atoms. The number of carbonyl (C=O) groups excluding carboxylic acids is 2. The Morgan fingerprint density at radius 3 is 2.65 bits per heavy atom. The Hall–Kier alpha value is -1.66. The van der Waals surface area contributed by atoms with Crippen LogP contribution in [-0.4, -0.2) is 18.5 Å². The Bertz CT molecular complexity index is 622.